The van der Waals surface area contributed by atoms with Crippen LogP contribution in [0.4, 0.5) is 0 Å². The lowest BCUT2D eigenvalue weighted by Gasteiger charge is -2.23. The van der Waals surface area contributed by atoms with Gasteiger partial charge in [0, 0.05) is 17.9 Å². The van der Waals surface area contributed by atoms with Crippen LogP contribution in [0, 0.1) is 0 Å². The lowest BCUT2D eigenvalue weighted by Crippen LogP contribution is -2.19. The maximum atomic E-state index is 3.88. The van der Waals surface area contributed by atoms with E-state index in [0.717, 1.165) is 17.9 Å². The molecule has 0 aromatic rings. The predicted octanol–water partition coefficient (Wildman–Crippen LogP) is 3.10. The highest BCUT2D eigenvalue weighted by Crippen LogP contribution is 2.12. The smallest absolute Gasteiger partial charge is 0.0361 e. The number of hydrogen-bond acceptors (Lipinski definition) is 1. The molecule has 0 aromatic heterocycles. The van der Waals surface area contributed by atoms with Gasteiger partial charge >= 0.3 is 0 Å². The minimum Gasteiger partial charge on any atom is -0.343 e. The van der Waals surface area contributed by atoms with E-state index in [1.165, 1.54) is 0 Å². The molecule has 12 heavy (non-hydrogen) atoms. The Hall–Kier alpha value is -1.24. The third-order valence-corrected chi connectivity index (χ3v) is 1.72. The van der Waals surface area contributed by atoms with E-state index in [0.29, 0.717) is 0 Å². The fraction of sp³-hybridized carbons (Fsp3) is 0.273. The Morgan fingerprint density at radius 1 is 1.33 bits per heavy atom. The maximum absolute atomic E-state index is 3.88. The molecule has 0 saturated carbocycles. The molecule has 0 heterocycles. The fourth-order valence-electron chi connectivity index (χ4n) is 1.05. The van der Waals surface area contributed by atoms with Crippen LogP contribution in [0.2, 0.25) is 0 Å². The Morgan fingerprint density at radius 3 is 2.17 bits per heavy atom. The van der Waals surface area contributed by atoms with Crippen molar-refractivity contribution in [2.24, 2.45) is 0 Å². The molecule has 0 unspecified atom stereocenters. The van der Waals surface area contributed by atoms with E-state index in [-0.39, 0.29) is 0 Å². The minimum atomic E-state index is 0.885. The summed E-state index contributed by atoms with van der Waals surface area (Å²) < 4.78 is 0. The summed E-state index contributed by atoms with van der Waals surface area (Å²) in [5.74, 6) is 0. The number of nitrogens with zero attached hydrogens (tertiary/aromatic N) is 1. The quantitative estimate of drug-likeness (QED) is 0.563. The van der Waals surface area contributed by atoms with E-state index < -0.39 is 0 Å². The Labute approximate surface area is 75.4 Å². The highest BCUT2D eigenvalue weighted by Gasteiger charge is 2.03. The van der Waals surface area contributed by atoms with Crippen LogP contribution in [0.1, 0.15) is 13.8 Å². The average molecular weight is 163 g/mol. The van der Waals surface area contributed by atoms with Gasteiger partial charge in [-0.1, -0.05) is 25.8 Å². The van der Waals surface area contributed by atoms with Crippen molar-refractivity contribution >= 4 is 0 Å². The van der Waals surface area contributed by atoms with Crippen molar-refractivity contribution in [2.75, 3.05) is 6.54 Å². The number of allylic oxidation sites excluding steroid dienone is 3. The molecular formula is C11H17N. The molecule has 0 radical (unpaired) electrons. The van der Waals surface area contributed by atoms with Crippen LogP contribution in [-0.4, -0.2) is 11.4 Å². The van der Waals surface area contributed by atoms with Gasteiger partial charge in [-0.3, -0.25) is 0 Å². The summed E-state index contributed by atoms with van der Waals surface area (Å²) in [7, 11) is 0. The van der Waals surface area contributed by atoms with Gasteiger partial charge in [0.25, 0.3) is 0 Å². The van der Waals surface area contributed by atoms with Crippen LogP contribution in [0.5, 0.6) is 0 Å². The van der Waals surface area contributed by atoms with Crippen LogP contribution in [0.25, 0.3) is 0 Å². The Balaban J connectivity index is 4.64. The van der Waals surface area contributed by atoms with Gasteiger partial charge in [-0.15, -0.1) is 0 Å². The summed E-state index contributed by atoms with van der Waals surface area (Å²) in [4.78, 5) is 2.06. The SMILES string of the molecule is C=CC(=C)N(CC)/C(C=C)=C/C. The van der Waals surface area contributed by atoms with Crippen molar-refractivity contribution in [2.45, 2.75) is 13.8 Å². The third-order valence-electron chi connectivity index (χ3n) is 1.72. The molecule has 0 aliphatic carbocycles. The molecule has 0 bridgehead atoms. The van der Waals surface area contributed by atoms with E-state index in [4.69, 9.17) is 0 Å². The second-order valence-electron chi connectivity index (χ2n) is 2.36. The van der Waals surface area contributed by atoms with Crippen molar-refractivity contribution in [1.29, 1.82) is 0 Å². The second-order valence-corrected chi connectivity index (χ2v) is 2.36. The van der Waals surface area contributed by atoms with Gasteiger partial charge < -0.3 is 4.90 Å². The minimum absolute atomic E-state index is 0.885. The summed E-state index contributed by atoms with van der Waals surface area (Å²) in [6.45, 7) is 16.2. The normalized spacial score (nSPS) is 10.7. The van der Waals surface area contributed by atoms with Gasteiger partial charge in [0.2, 0.25) is 0 Å². The predicted molar refractivity (Wildman–Crippen MR) is 55.7 cm³/mol. The highest BCUT2D eigenvalue weighted by atomic mass is 15.1. The van der Waals surface area contributed by atoms with E-state index >= 15 is 0 Å². The monoisotopic (exact) mass is 163 g/mol. The van der Waals surface area contributed by atoms with Gasteiger partial charge in [-0.2, -0.15) is 0 Å². The second kappa shape index (κ2) is 5.42. The Bertz CT molecular complexity index is 211. The molecule has 1 heteroatoms. The van der Waals surface area contributed by atoms with Crippen LogP contribution in [0.15, 0.2) is 49.4 Å². The van der Waals surface area contributed by atoms with E-state index in [9.17, 15) is 0 Å². The third kappa shape index (κ3) is 2.42. The molecule has 0 N–H and O–H groups in total. The number of hydrogen-bond donors (Lipinski definition) is 0. The molecule has 0 amide bonds. The van der Waals surface area contributed by atoms with Crippen molar-refractivity contribution in [1.82, 2.24) is 4.90 Å². The van der Waals surface area contributed by atoms with Gasteiger partial charge in [-0.25, -0.2) is 0 Å². The average Bonchev–Trinajstić information content (AvgIpc) is 2.12. The molecule has 0 fully saturated rings. The molecule has 0 aliphatic rings. The summed E-state index contributed by atoms with van der Waals surface area (Å²) in [5.41, 5.74) is 1.98. The van der Waals surface area contributed by atoms with Crippen molar-refractivity contribution in [3.63, 3.8) is 0 Å². The Kier molecular flexibility index (Phi) is 4.86. The summed E-state index contributed by atoms with van der Waals surface area (Å²) in [6.07, 6.45) is 5.57. The first-order valence-corrected chi connectivity index (χ1v) is 4.08. The van der Waals surface area contributed by atoms with Crippen LogP contribution < -0.4 is 0 Å². The van der Waals surface area contributed by atoms with E-state index in [2.05, 4.69) is 31.6 Å². The zero-order chi connectivity index (χ0) is 9.56. The lowest BCUT2D eigenvalue weighted by molar-refractivity contribution is 0.480. The van der Waals surface area contributed by atoms with Crippen LogP contribution in [0.3, 0.4) is 0 Å². The van der Waals surface area contributed by atoms with Gasteiger partial charge in [0.05, 0.1) is 0 Å². The number of rotatable bonds is 5. The molecule has 66 valence electrons. The van der Waals surface area contributed by atoms with Crippen molar-refractivity contribution in [3.05, 3.63) is 49.4 Å². The Morgan fingerprint density at radius 2 is 1.92 bits per heavy atom. The van der Waals surface area contributed by atoms with Gasteiger partial charge in [0.1, 0.15) is 0 Å². The lowest BCUT2D eigenvalue weighted by atomic mass is 10.3. The molecule has 0 aliphatic heterocycles. The van der Waals surface area contributed by atoms with Crippen molar-refractivity contribution < 1.29 is 0 Å². The zero-order valence-electron chi connectivity index (χ0n) is 8.01. The van der Waals surface area contributed by atoms with Gasteiger partial charge in [0.15, 0.2) is 0 Å². The molecule has 0 saturated heterocycles. The topological polar surface area (TPSA) is 3.24 Å². The van der Waals surface area contributed by atoms with Crippen molar-refractivity contribution in [3.8, 4) is 0 Å². The molecule has 0 rings (SSSR count). The summed E-state index contributed by atoms with van der Waals surface area (Å²) >= 11 is 0. The van der Waals surface area contributed by atoms with Crippen LogP contribution in [-0.2, 0) is 0 Å². The maximum Gasteiger partial charge on any atom is 0.0361 e. The molecule has 1 nitrogen and oxygen atoms in total. The largest absolute Gasteiger partial charge is 0.343 e. The molecule has 0 aromatic carbocycles. The zero-order valence-corrected chi connectivity index (χ0v) is 8.01. The van der Waals surface area contributed by atoms with Crippen LogP contribution >= 0.6 is 0 Å². The first-order valence-electron chi connectivity index (χ1n) is 4.08. The first kappa shape index (κ1) is 10.8. The number of likely N-dealkylation sites (N-methyl/N-ethyl adjacent to an activating group) is 1. The fourth-order valence-corrected chi connectivity index (χ4v) is 1.05. The highest BCUT2D eigenvalue weighted by molar-refractivity contribution is 5.24. The first-order chi connectivity index (χ1) is 5.71. The molecular weight excluding hydrogens is 146 g/mol. The summed E-state index contributed by atoms with van der Waals surface area (Å²) in [6, 6.07) is 0. The summed E-state index contributed by atoms with van der Waals surface area (Å²) in [5, 5.41) is 0. The van der Waals surface area contributed by atoms with E-state index in [1.807, 2.05) is 19.1 Å². The molecule has 0 atom stereocenters. The molecule has 0 spiro atoms. The van der Waals surface area contributed by atoms with E-state index in [1.54, 1.807) is 6.08 Å². The standard InChI is InChI=1S/C11H17N/c1-6-10(5)12(9-4)11(7-2)8-3/h6-8H,1-2,5,9H2,3-4H3/b11-8+. The van der Waals surface area contributed by atoms with Gasteiger partial charge in [-0.05, 0) is 26.0 Å².